The molecule has 11 heteroatoms. The first-order valence-electron chi connectivity index (χ1n) is 9.53. The summed E-state index contributed by atoms with van der Waals surface area (Å²) in [4.78, 5) is 12.8. The third-order valence-corrected chi connectivity index (χ3v) is 4.63. The minimum Gasteiger partial charge on any atom is -0.501 e. The van der Waals surface area contributed by atoms with Gasteiger partial charge in [-0.25, -0.2) is 9.18 Å². The summed E-state index contributed by atoms with van der Waals surface area (Å²) < 4.78 is 98.5. The van der Waals surface area contributed by atoms with Gasteiger partial charge in [0.25, 0.3) is 0 Å². The third kappa shape index (κ3) is 5.65. The lowest BCUT2D eigenvalue weighted by atomic mass is 10.1. The number of halogens is 7. The lowest BCUT2D eigenvalue weighted by molar-refractivity contribution is -0.143. The van der Waals surface area contributed by atoms with E-state index in [2.05, 4.69) is 5.32 Å². The van der Waals surface area contributed by atoms with Crippen molar-refractivity contribution in [3.05, 3.63) is 77.4 Å². The maximum absolute atomic E-state index is 13.8. The van der Waals surface area contributed by atoms with Crippen LogP contribution >= 0.6 is 0 Å². The Kier molecular flexibility index (Phi) is 6.71. The zero-order valence-corrected chi connectivity index (χ0v) is 17.0. The molecule has 0 saturated carbocycles. The van der Waals surface area contributed by atoms with Gasteiger partial charge >= 0.3 is 18.4 Å². The molecule has 3 aromatic rings. The molecular weight excluding hydrogens is 457 g/mol. The van der Waals surface area contributed by atoms with E-state index in [9.17, 15) is 35.5 Å². The van der Waals surface area contributed by atoms with Crippen LogP contribution in [0.5, 0.6) is 0 Å². The number of nitrogens with zero attached hydrogens (tertiary/aromatic N) is 1. The third-order valence-electron chi connectivity index (χ3n) is 4.63. The second-order valence-electron chi connectivity index (χ2n) is 7.00. The molecule has 1 aromatic heterocycles. The zero-order valence-electron chi connectivity index (χ0n) is 17.0. The molecule has 0 unspecified atom stereocenters. The number of allylic oxidation sites excluding steroid dienone is 1. The fourth-order valence-electron chi connectivity index (χ4n) is 3.18. The van der Waals surface area contributed by atoms with E-state index in [4.69, 9.17) is 4.74 Å². The number of ether oxygens (including phenoxy) is 1. The van der Waals surface area contributed by atoms with Gasteiger partial charge in [-0.05, 0) is 48.9 Å². The Balaban J connectivity index is 1.98. The van der Waals surface area contributed by atoms with Crippen LogP contribution in [0.4, 0.5) is 41.2 Å². The van der Waals surface area contributed by atoms with Gasteiger partial charge in [-0.1, -0.05) is 6.08 Å². The number of fused-ring (bicyclic) bond motifs is 1. The number of nitrogens with one attached hydrogen (secondary N) is 1. The summed E-state index contributed by atoms with van der Waals surface area (Å²) in [5.41, 5.74) is -3.09. The molecule has 4 nitrogen and oxygen atoms in total. The van der Waals surface area contributed by atoms with Gasteiger partial charge in [0.1, 0.15) is 5.82 Å². The fraction of sp³-hybridized carbons (Fsp3) is 0.227. The van der Waals surface area contributed by atoms with Crippen LogP contribution < -0.4 is 5.32 Å². The Bertz CT molecular complexity index is 1160. The molecule has 1 N–H and O–H groups in total. The summed E-state index contributed by atoms with van der Waals surface area (Å²) in [5.74, 6) is -0.580. The number of hydrogen-bond donors (Lipinski definition) is 1. The SMILES string of the molecule is C/C=C\OCCc1cn(C(=O)Nc2cc(C(F)(F)F)cc(C(F)(F)F)c2)c2ccc(F)cc12. The first-order valence-corrected chi connectivity index (χ1v) is 9.53. The number of aromatic nitrogens is 1. The first kappa shape index (κ1) is 24.1. The summed E-state index contributed by atoms with van der Waals surface area (Å²) in [6.45, 7) is 1.94. The van der Waals surface area contributed by atoms with E-state index < -0.39 is 41.0 Å². The molecule has 0 aliphatic carbocycles. The van der Waals surface area contributed by atoms with Crippen LogP contribution in [0.1, 0.15) is 23.6 Å². The number of amides is 1. The van der Waals surface area contributed by atoms with Gasteiger partial charge in [-0.3, -0.25) is 4.57 Å². The van der Waals surface area contributed by atoms with Crippen molar-refractivity contribution in [2.75, 3.05) is 11.9 Å². The van der Waals surface area contributed by atoms with Crippen molar-refractivity contribution in [1.29, 1.82) is 0 Å². The van der Waals surface area contributed by atoms with Crippen molar-refractivity contribution in [2.45, 2.75) is 25.7 Å². The van der Waals surface area contributed by atoms with Crippen molar-refractivity contribution in [2.24, 2.45) is 0 Å². The average Bonchev–Trinajstić information content (AvgIpc) is 3.07. The van der Waals surface area contributed by atoms with Crippen LogP contribution in [0.15, 0.2) is 54.9 Å². The van der Waals surface area contributed by atoms with Crippen molar-refractivity contribution in [1.82, 2.24) is 4.57 Å². The predicted molar refractivity (Wildman–Crippen MR) is 107 cm³/mol. The van der Waals surface area contributed by atoms with Crippen molar-refractivity contribution in [3.8, 4) is 0 Å². The standard InChI is InChI=1S/C22H17F7N2O2/c1-2-6-33-7-5-13-12-31(19-4-3-16(23)11-18(13)19)20(32)30-17-9-14(21(24,25)26)8-15(10-17)22(27,28)29/h2-4,6,8-12H,5,7H2,1H3,(H,30,32)/b6-2-. The lowest BCUT2D eigenvalue weighted by Crippen LogP contribution is -2.20. The molecule has 0 spiro atoms. The maximum Gasteiger partial charge on any atom is 0.416 e. The number of alkyl halides is 6. The molecule has 0 radical (unpaired) electrons. The van der Waals surface area contributed by atoms with Gasteiger partial charge in [-0.2, -0.15) is 26.3 Å². The van der Waals surface area contributed by atoms with Gasteiger partial charge in [0.2, 0.25) is 0 Å². The molecule has 176 valence electrons. The maximum atomic E-state index is 13.8. The monoisotopic (exact) mass is 474 g/mol. The second kappa shape index (κ2) is 9.16. The van der Waals surface area contributed by atoms with E-state index in [1.165, 1.54) is 24.6 Å². The molecule has 0 aliphatic heterocycles. The van der Waals surface area contributed by atoms with E-state index in [1.54, 1.807) is 13.0 Å². The van der Waals surface area contributed by atoms with Crippen LogP contribution in [0, 0.1) is 5.82 Å². The molecule has 33 heavy (non-hydrogen) atoms. The Morgan fingerprint density at radius 2 is 1.67 bits per heavy atom. The zero-order chi connectivity index (χ0) is 24.4. The summed E-state index contributed by atoms with van der Waals surface area (Å²) in [7, 11) is 0. The highest BCUT2D eigenvalue weighted by Crippen LogP contribution is 2.37. The lowest BCUT2D eigenvalue weighted by Gasteiger charge is -2.15. The highest BCUT2D eigenvalue weighted by atomic mass is 19.4. The number of anilines is 1. The minimum absolute atomic E-state index is 0.0354. The van der Waals surface area contributed by atoms with Gasteiger partial charge in [-0.15, -0.1) is 0 Å². The Morgan fingerprint density at radius 1 is 1.03 bits per heavy atom. The molecular formula is C22H17F7N2O2. The Labute approximate surface area is 183 Å². The van der Waals surface area contributed by atoms with E-state index in [-0.39, 0.29) is 24.6 Å². The molecule has 0 fully saturated rings. The number of carbonyl (C=O) groups is 1. The normalized spacial score (nSPS) is 12.5. The number of hydrogen-bond acceptors (Lipinski definition) is 2. The Hall–Kier alpha value is -3.50. The van der Waals surface area contributed by atoms with Gasteiger partial charge in [0, 0.05) is 23.7 Å². The number of carbonyl (C=O) groups excluding carboxylic acids is 1. The summed E-state index contributed by atoms with van der Waals surface area (Å²) in [6, 6.07) is 3.31. The topological polar surface area (TPSA) is 43.3 Å². The smallest absolute Gasteiger partial charge is 0.416 e. The van der Waals surface area contributed by atoms with Crippen LogP contribution in [-0.2, 0) is 23.5 Å². The average molecular weight is 474 g/mol. The molecule has 0 aliphatic rings. The van der Waals surface area contributed by atoms with Crippen molar-refractivity contribution >= 4 is 22.6 Å². The van der Waals surface area contributed by atoms with Gasteiger partial charge in [0.05, 0.1) is 29.5 Å². The summed E-state index contributed by atoms with van der Waals surface area (Å²) in [6.07, 6.45) is -5.42. The van der Waals surface area contributed by atoms with Crippen molar-refractivity contribution in [3.63, 3.8) is 0 Å². The van der Waals surface area contributed by atoms with E-state index in [0.717, 1.165) is 10.6 Å². The van der Waals surface area contributed by atoms with Crippen LogP contribution in [-0.4, -0.2) is 17.2 Å². The predicted octanol–water partition coefficient (Wildman–Crippen LogP) is 6.99. The quantitative estimate of drug-likeness (QED) is 0.246. The second-order valence-corrected chi connectivity index (χ2v) is 7.00. The fourth-order valence-corrected chi connectivity index (χ4v) is 3.18. The summed E-state index contributed by atoms with van der Waals surface area (Å²) in [5, 5.41) is 2.42. The largest absolute Gasteiger partial charge is 0.501 e. The van der Waals surface area contributed by atoms with E-state index in [1.807, 2.05) is 0 Å². The molecule has 0 bridgehead atoms. The Morgan fingerprint density at radius 3 is 2.24 bits per heavy atom. The molecule has 3 rings (SSSR count). The van der Waals surface area contributed by atoms with Gasteiger partial charge < -0.3 is 10.1 Å². The number of rotatable bonds is 5. The molecule has 0 saturated heterocycles. The van der Waals surface area contributed by atoms with E-state index in [0.29, 0.717) is 23.1 Å². The van der Waals surface area contributed by atoms with Crippen LogP contribution in [0.3, 0.4) is 0 Å². The van der Waals surface area contributed by atoms with Gasteiger partial charge in [0.15, 0.2) is 0 Å². The molecule has 2 aromatic carbocycles. The molecule has 0 atom stereocenters. The summed E-state index contributed by atoms with van der Waals surface area (Å²) >= 11 is 0. The van der Waals surface area contributed by atoms with E-state index >= 15 is 0 Å². The molecule has 1 heterocycles. The van der Waals surface area contributed by atoms with Crippen LogP contribution in [0.2, 0.25) is 0 Å². The first-order chi connectivity index (χ1) is 15.4. The highest BCUT2D eigenvalue weighted by molar-refractivity contribution is 5.99. The molecule has 1 amide bonds. The van der Waals surface area contributed by atoms with Crippen molar-refractivity contribution < 1.29 is 40.3 Å². The minimum atomic E-state index is -5.06. The number of benzene rings is 2. The highest BCUT2D eigenvalue weighted by Gasteiger charge is 2.37. The van der Waals surface area contributed by atoms with Crippen LogP contribution in [0.25, 0.3) is 10.9 Å².